The number of carboxylic acids is 1. The quantitative estimate of drug-likeness (QED) is 0.330. The predicted octanol–water partition coefficient (Wildman–Crippen LogP) is 4.43. The maximum Gasteiger partial charge on any atom is 0.303 e. The molecule has 0 atom stereocenters. The van der Waals surface area contributed by atoms with Gasteiger partial charge in [-0.3, -0.25) is 4.79 Å². The van der Waals surface area contributed by atoms with Crippen molar-refractivity contribution in [1.29, 1.82) is 0 Å². The number of carboxylic acid groups (broad SMARTS) is 1. The van der Waals surface area contributed by atoms with Crippen molar-refractivity contribution in [2.75, 3.05) is 39.6 Å². The van der Waals surface area contributed by atoms with Gasteiger partial charge in [-0.1, -0.05) is 58.3 Å². The highest BCUT2D eigenvalue weighted by Gasteiger charge is 1.97. The number of carbonyl (C=O) groups is 1. The highest BCUT2D eigenvalue weighted by atomic mass is 16.5. The topological polar surface area (TPSA) is 65.0 Å². The number of unbranched alkanes of at least 4 members (excludes halogenated alkanes) is 8. The number of rotatable bonds is 20. The number of hydrogen-bond acceptors (Lipinski definition) is 4. The fourth-order valence-corrected chi connectivity index (χ4v) is 2.38. The fraction of sp³-hybridized carbons (Fsp3) is 0.947. The molecule has 0 heterocycles. The van der Waals surface area contributed by atoms with Gasteiger partial charge >= 0.3 is 5.97 Å². The Labute approximate surface area is 148 Å². The van der Waals surface area contributed by atoms with Crippen molar-refractivity contribution in [3.8, 4) is 0 Å². The fourth-order valence-electron chi connectivity index (χ4n) is 2.38. The maximum absolute atomic E-state index is 10.3. The van der Waals surface area contributed by atoms with Gasteiger partial charge in [0.15, 0.2) is 0 Å². The normalized spacial score (nSPS) is 11.0. The monoisotopic (exact) mass is 346 g/mol. The molecule has 0 spiro atoms. The number of aliphatic carboxylic acids is 1. The van der Waals surface area contributed by atoms with Gasteiger partial charge in [-0.25, -0.2) is 0 Å². The second-order valence-corrected chi connectivity index (χ2v) is 6.16. The molecule has 0 aliphatic carbocycles. The third kappa shape index (κ3) is 21.4. The average Bonchev–Trinajstić information content (AvgIpc) is 2.56. The molecule has 24 heavy (non-hydrogen) atoms. The minimum atomic E-state index is -0.779. The second-order valence-electron chi connectivity index (χ2n) is 6.16. The van der Waals surface area contributed by atoms with E-state index in [1.807, 2.05) is 0 Å². The minimum Gasteiger partial charge on any atom is -0.481 e. The van der Waals surface area contributed by atoms with E-state index in [1.165, 1.54) is 51.4 Å². The summed E-state index contributed by atoms with van der Waals surface area (Å²) in [5.74, 6) is -0.779. The van der Waals surface area contributed by atoms with Gasteiger partial charge in [0, 0.05) is 19.6 Å². The van der Waals surface area contributed by atoms with Crippen LogP contribution in [-0.2, 0) is 19.0 Å². The first-order valence-electron chi connectivity index (χ1n) is 9.72. The van der Waals surface area contributed by atoms with E-state index in [2.05, 4.69) is 6.92 Å². The smallest absolute Gasteiger partial charge is 0.303 e. The first kappa shape index (κ1) is 23.4. The summed E-state index contributed by atoms with van der Waals surface area (Å²) in [6.45, 7) is 5.83. The van der Waals surface area contributed by atoms with E-state index in [0.29, 0.717) is 39.5 Å². The lowest BCUT2D eigenvalue weighted by atomic mass is 10.1. The summed E-state index contributed by atoms with van der Waals surface area (Å²) in [4.78, 5) is 10.3. The highest BCUT2D eigenvalue weighted by molar-refractivity contribution is 5.66. The summed E-state index contributed by atoms with van der Waals surface area (Å²) in [6, 6.07) is 0. The zero-order chi connectivity index (χ0) is 17.7. The SMILES string of the molecule is CCCCCCCCCCCOCCOCCOCCCC(=O)O. The zero-order valence-corrected chi connectivity index (χ0v) is 15.6. The Morgan fingerprint density at radius 3 is 1.54 bits per heavy atom. The molecule has 0 rings (SSSR count). The largest absolute Gasteiger partial charge is 0.481 e. The molecule has 0 aromatic carbocycles. The average molecular weight is 347 g/mol. The van der Waals surface area contributed by atoms with Crippen LogP contribution >= 0.6 is 0 Å². The van der Waals surface area contributed by atoms with Crippen LogP contribution in [-0.4, -0.2) is 50.7 Å². The minimum absolute atomic E-state index is 0.160. The third-order valence-corrected chi connectivity index (χ3v) is 3.82. The number of ether oxygens (including phenoxy) is 3. The predicted molar refractivity (Wildman–Crippen MR) is 96.6 cm³/mol. The van der Waals surface area contributed by atoms with E-state index in [4.69, 9.17) is 19.3 Å². The summed E-state index contributed by atoms with van der Waals surface area (Å²) in [7, 11) is 0. The molecule has 5 heteroatoms. The van der Waals surface area contributed by atoms with Gasteiger partial charge in [0.05, 0.1) is 26.4 Å². The summed E-state index contributed by atoms with van der Waals surface area (Å²) < 4.78 is 16.2. The van der Waals surface area contributed by atoms with Crippen molar-refractivity contribution < 1.29 is 24.1 Å². The van der Waals surface area contributed by atoms with Gasteiger partial charge in [-0.05, 0) is 12.8 Å². The van der Waals surface area contributed by atoms with E-state index in [0.717, 1.165) is 13.0 Å². The van der Waals surface area contributed by atoms with Gasteiger partial charge in [0.2, 0.25) is 0 Å². The molecule has 1 N–H and O–H groups in total. The van der Waals surface area contributed by atoms with E-state index in [9.17, 15) is 4.79 Å². The molecule has 0 saturated carbocycles. The van der Waals surface area contributed by atoms with Crippen LogP contribution in [0.25, 0.3) is 0 Å². The summed E-state index contributed by atoms with van der Waals surface area (Å²) in [6.07, 6.45) is 12.7. The Kier molecular flexibility index (Phi) is 19.8. The van der Waals surface area contributed by atoms with Crippen LogP contribution in [0, 0.1) is 0 Å². The van der Waals surface area contributed by atoms with E-state index in [1.54, 1.807) is 0 Å². The summed E-state index contributed by atoms with van der Waals surface area (Å²) in [5, 5.41) is 8.46. The van der Waals surface area contributed by atoms with E-state index < -0.39 is 5.97 Å². The Morgan fingerprint density at radius 2 is 1.04 bits per heavy atom. The van der Waals surface area contributed by atoms with Gasteiger partial charge < -0.3 is 19.3 Å². The van der Waals surface area contributed by atoms with Gasteiger partial charge in [-0.15, -0.1) is 0 Å². The van der Waals surface area contributed by atoms with Crippen LogP contribution in [0.5, 0.6) is 0 Å². The van der Waals surface area contributed by atoms with Crippen LogP contribution in [0.4, 0.5) is 0 Å². The van der Waals surface area contributed by atoms with Crippen LogP contribution in [0.2, 0.25) is 0 Å². The molecule has 0 aliphatic rings. The van der Waals surface area contributed by atoms with E-state index >= 15 is 0 Å². The van der Waals surface area contributed by atoms with Crippen molar-refractivity contribution in [3.63, 3.8) is 0 Å². The van der Waals surface area contributed by atoms with Crippen LogP contribution in [0.3, 0.4) is 0 Å². The molecule has 0 radical (unpaired) electrons. The first-order chi connectivity index (χ1) is 11.8. The lowest BCUT2D eigenvalue weighted by molar-refractivity contribution is -0.137. The molecule has 0 aromatic rings. The van der Waals surface area contributed by atoms with Gasteiger partial charge in [0.25, 0.3) is 0 Å². The molecule has 0 saturated heterocycles. The number of hydrogen-bond donors (Lipinski definition) is 1. The van der Waals surface area contributed by atoms with Crippen LogP contribution in [0.15, 0.2) is 0 Å². The van der Waals surface area contributed by atoms with Crippen molar-refractivity contribution in [2.45, 2.75) is 77.6 Å². The lowest BCUT2D eigenvalue weighted by Gasteiger charge is -2.06. The molecule has 0 unspecified atom stereocenters. The molecular weight excluding hydrogens is 308 g/mol. The molecule has 144 valence electrons. The maximum atomic E-state index is 10.3. The molecule has 0 bridgehead atoms. The molecule has 0 fully saturated rings. The highest BCUT2D eigenvalue weighted by Crippen LogP contribution is 2.09. The van der Waals surface area contributed by atoms with E-state index in [-0.39, 0.29) is 6.42 Å². The van der Waals surface area contributed by atoms with Crippen LogP contribution in [0.1, 0.15) is 77.6 Å². The molecule has 0 amide bonds. The van der Waals surface area contributed by atoms with Crippen molar-refractivity contribution in [2.24, 2.45) is 0 Å². The van der Waals surface area contributed by atoms with Crippen molar-refractivity contribution in [3.05, 3.63) is 0 Å². The Morgan fingerprint density at radius 1 is 0.625 bits per heavy atom. The first-order valence-corrected chi connectivity index (χ1v) is 9.72. The van der Waals surface area contributed by atoms with Crippen molar-refractivity contribution in [1.82, 2.24) is 0 Å². The second kappa shape index (κ2) is 20.4. The lowest BCUT2D eigenvalue weighted by Crippen LogP contribution is -2.10. The van der Waals surface area contributed by atoms with Gasteiger partial charge in [-0.2, -0.15) is 0 Å². The Balaban J connectivity index is 2.97. The standard InChI is InChI=1S/C19H38O5/c1-2-3-4-5-6-7-8-9-10-13-22-15-17-24-18-16-23-14-11-12-19(20)21/h2-18H2,1H3,(H,20,21). The van der Waals surface area contributed by atoms with Gasteiger partial charge in [0.1, 0.15) is 0 Å². The molecule has 0 aliphatic heterocycles. The molecule has 0 aromatic heterocycles. The van der Waals surface area contributed by atoms with Crippen LogP contribution < -0.4 is 0 Å². The molecular formula is C19H38O5. The summed E-state index contributed by atoms with van der Waals surface area (Å²) >= 11 is 0. The Bertz CT molecular complexity index is 258. The third-order valence-electron chi connectivity index (χ3n) is 3.82. The molecule has 5 nitrogen and oxygen atoms in total. The Hall–Kier alpha value is -0.650. The summed E-state index contributed by atoms with van der Waals surface area (Å²) in [5.41, 5.74) is 0. The van der Waals surface area contributed by atoms with Crippen molar-refractivity contribution >= 4 is 5.97 Å². The zero-order valence-electron chi connectivity index (χ0n) is 15.6.